The predicted molar refractivity (Wildman–Crippen MR) is 83.9 cm³/mol. The topological polar surface area (TPSA) is 41.1 Å². The molecule has 0 bridgehead atoms. The number of aromatic nitrogens is 2. The Kier molecular flexibility index (Phi) is 6.25. The Balaban J connectivity index is 1.88. The van der Waals surface area contributed by atoms with Gasteiger partial charge in [0.15, 0.2) is 0 Å². The summed E-state index contributed by atoms with van der Waals surface area (Å²) in [7, 11) is 0. The molecule has 2 heterocycles. The van der Waals surface area contributed by atoms with Crippen molar-refractivity contribution in [1.29, 1.82) is 0 Å². The van der Waals surface area contributed by atoms with Gasteiger partial charge >= 0.3 is 0 Å². The van der Waals surface area contributed by atoms with Gasteiger partial charge in [0.2, 0.25) is 0 Å². The zero-order valence-corrected chi connectivity index (χ0v) is 12.9. The molecule has 1 aliphatic heterocycles. The molecule has 1 aromatic heterocycles. The molecule has 4 nitrogen and oxygen atoms in total. The van der Waals surface area contributed by atoms with Crippen molar-refractivity contribution in [3.63, 3.8) is 0 Å². The second-order valence-corrected chi connectivity index (χ2v) is 5.73. The van der Waals surface area contributed by atoms with Crippen molar-refractivity contribution in [1.82, 2.24) is 15.3 Å². The van der Waals surface area contributed by atoms with E-state index < -0.39 is 0 Å². The van der Waals surface area contributed by atoms with Gasteiger partial charge in [-0.25, -0.2) is 4.98 Å². The van der Waals surface area contributed by atoms with E-state index in [2.05, 4.69) is 34.0 Å². The summed E-state index contributed by atoms with van der Waals surface area (Å²) in [5.74, 6) is 1.94. The first-order chi connectivity index (χ1) is 9.83. The maximum absolute atomic E-state index is 4.60. The van der Waals surface area contributed by atoms with Gasteiger partial charge in [-0.1, -0.05) is 20.3 Å². The lowest BCUT2D eigenvalue weighted by Gasteiger charge is -2.21. The Morgan fingerprint density at radius 1 is 1.20 bits per heavy atom. The Morgan fingerprint density at radius 2 is 2.10 bits per heavy atom. The van der Waals surface area contributed by atoms with Gasteiger partial charge in [-0.3, -0.25) is 4.98 Å². The van der Waals surface area contributed by atoms with Crippen LogP contribution in [0.1, 0.15) is 51.6 Å². The molecule has 1 fully saturated rings. The van der Waals surface area contributed by atoms with Crippen LogP contribution in [0.5, 0.6) is 0 Å². The molecule has 4 heteroatoms. The lowest BCUT2D eigenvalue weighted by molar-refractivity contribution is 0.459. The molecule has 1 aliphatic rings. The number of nitrogens with one attached hydrogen (secondary N) is 1. The lowest BCUT2D eigenvalue weighted by atomic mass is 9.98. The normalized spacial score (nSPS) is 19.9. The predicted octanol–water partition coefficient (Wildman–Crippen LogP) is 2.99. The van der Waals surface area contributed by atoms with Crippen LogP contribution in [0.3, 0.4) is 0 Å². The van der Waals surface area contributed by atoms with Crippen LogP contribution in [0, 0.1) is 5.92 Å². The Bertz CT molecular complexity index is 377. The van der Waals surface area contributed by atoms with Crippen LogP contribution < -0.4 is 10.2 Å². The molecule has 1 saturated heterocycles. The number of nitrogens with zero attached hydrogens (tertiary/aromatic N) is 3. The molecule has 0 radical (unpaired) electrons. The third-order valence-electron chi connectivity index (χ3n) is 4.17. The maximum atomic E-state index is 4.60. The van der Waals surface area contributed by atoms with Crippen LogP contribution in [0.4, 0.5) is 5.82 Å². The van der Waals surface area contributed by atoms with Crippen LogP contribution in [0.25, 0.3) is 0 Å². The van der Waals surface area contributed by atoms with Crippen molar-refractivity contribution < 1.29 is 0 Å². The largest absolute Gasteiger partial charge is 0.355 e. The molecule has 2 rings (SSSR count). The van der Waals surface area contributed by atoms with E-state index in [0.29, 0.717) is 0 Å². The molecule has 0 saturated carbocycles. The van der Waals surface area contributed by atoms with Gasteiger partial charge in [-0.15, -0.1) is 0 Å². The minimum Gasteiger partial charge on any atom is -0.355 e. The number of rotatable bonds is 6. The molecule has 112 valence electrons. The van der Waals surface area contributed by atoms with E-state index in [1.54, 1.807) is 0 Å². The summed E-state index contributed by atoms with van der Waals surface area (Å²) in [5.41, 5.74) is 1.03. The highest BCUT2D eigenvalue weighted by Crippen LogP contribution is 2.22. The van der Waals surface area contributed by atoms with Gasteiger partial charge in [0.25, 0.3) is 0 Å². The molecule has 0 aliphatic carbocycles. The molecular formula is C16H28N4. The number of hydrogen-bond donors (Lipinski definition) is 1. The van der Waals surface area contributed by atoms with Crippen molar-refractivity contribution in [2.45, 2.75) is 52.5 Å². The number of hydrogen-bond acceptors (Lipinski definition) is 4. The van der Waals surface area contributed by atoms with E-state index in [0.717, 1.165) is 50.0 Å². The molecule has 0 aromatic carbocycles. The van der Waals surface area contributed by atoms with Gasteiger partial charge in [0.1, 0.15) is 5.82 Å². The molecule has 1 unspecified atom stereocenters. The zero-order chi connectivity index (χ0) is 14.2. The van der Waals surface area contributed by atoms with Crippen LogP contribution >= 0.6 is 0 Å². The summed E-state index contributed by atoms with van der Waals surface area (Å²) in [6.07, 6.45) is 10.2. The summed E-state index contributed by atoms with van der Waals surface area (Å²) < 4.78 is 0. The fraction of sp³-hybridized carbons (Fsp3) is 0.750. The van der Waals surface area contributed by atoms with Gasteiger partial charge in [0.05, 0.1) is 18.1 Å². The summed E-state index contributed by atoms with van der Waals surface area (Å²) in [6.45, 7) is 8.58. The molecule has 20 heavy (non-hydrogen) atoms. The SMILES string of the molecule is CCCNCc1cnc(N2CCCC(CC)CC2)cn1. The van der Waals surface area contributed by atoms with Crippen LogP contribution in [-0.4, -0.2) is 29.6 Å². The fourth-order valence-electron chi connectivity index (χ4n) is 2.80. The molecule has 0 amide bonds. The fourth-order valence-corrected chi connectivity index (χ4v) is 2.80. The summed E-state index contributed by atoms with van der Waals surface area (Å²) in [6, 6.07) is 0. The molecule has 1 N–H and O–H groups in total. The van der Waals surface area contributed by atoms with Gasteiger partial charge in [-0.2, -0.15) is 0 Å². The molecule has 1 atom stereocenters. The van der Waals surface area contributed by atoms with E-state index in [1.165, 1.54) is 25.7 Å². The average Bonchev–Trinajstić information content (AvgIpc) is 2.74. The van der Waals surface area contributed by atoms with E-state index in [-0.39, 0.29) is 0 Å². The van der Waals surface area contributed by atoms with Gasteiger partial charge < -0.3 is 10.2 Å². The van der Waals surface area contributed by atoms with Crippen molar-refractivity contribution in [3.05, 3.63) is 18.1 Å². The summed E-state index contributed by atoms with van der Waals surface area (Å²) in [4.78, 5) is 11.5. The van der Waals surface area contributed by atoms with Gasteiger partial charge in [0, 0.05) is 19.6 Å². The summed E-state index contributed by atoms with van der Waals surface area (Å²) in [5, 5.41) is 3.36. The van der Waals surface area contributed by atoms with Crippen LogP contribution in [0.15, 0.2) is 12.4 Å². The third kappa shape index (κ3) is 4.44. The highest BCUT2D eigenvalue weighted by molar-refractivity contribution is 5.35. The quantitative estimate of drug-likeness (QED) is 0.811. The summed E-state index contributed by atoms with van der Waals surface area (Å²) >= 11 is 0. The molecule has 1 aromatic rings. The van der Waals surface area contributed by atoms with Crippen molar-refractivity contribution in [2.24, 2.45) is 5.92 Å². The second-order valence-electron chi connectivity index (χ2n) is 5.73. The number of anilines is 1. The monoisotopic (exact) mass is 276 g/mol. The molecule has 0 spiro atoms. The smallest absolute Gasteiger partial charge is 0.147 e. The Labute approximate surface area is 123 Å². The first-order valence-electron chi connectivity index (χ1n) is 8.10. The Hall–Kier alpha value is -1.16. The van der Waals surface area contributed by atoms with Crippen molar-refractivity contribution in [2.75, 3.05) is 24.5 Å². The maximum Gasteiger partial charge on any atom is 0.147 e. The van der Waals surface area contributed by atoms with E-state index in [9.17, 15) is 0 Å². The average molecular weight is 276 g/mol. The highest BCUT2D eigenvalue weighted by atomic mass is 15.2. The highest BCUT2D eigenvalue weighted by Gasteiger charge is 2.16. The van der Waals surface area contributed by atoms with Crippen LogP contribution in [0.2, 0.25) is 0 Å². The van der Waals surface area contributed by atoms with E-state index in [1.807, 2.05) is 12.4 Å². The minimum absolute atomic E-state index is 0.818. The van der Waals surface area contributed by atoms with E-state index in [4.69, 9.17) is 0 Å². The second kappa shape index (κ2) is 8.20. The first-order valence-corrected chi connectivity index (χ1v) is 8.10. The Morgan fingerprint density at radius 3 is 2.80 bits per heavy atom. The third-order valence-corrected chi connectivity index (χ3v) is 4.17. The zero-order valence-electron chi connectivity index (χ0n) is 12.9. The van der Waals surface area contributed by atoms with Crippen LogP contribution in [-0.2, 0) is 6.54 Å². The molecular weight excluding hydrogens is 248 g/mol. The van der Waals surface area contributed by atoms with Crippen molar-refractivity contribution >= 4 is 5.82 Å². The minimum atomic E-state index is 0.818. The lowest BCUT2D eigenvalue weighted by Crippen LogP contribution is -2.25. The first kappa shape index (κ1) is 15.2. The van der Waals surface area contributed by atoms with Gasteiger partial charge in [-0.05, 0) is 38.1 Å². The van der Waals surface area contributed by atoms with Crippen molar-refractivity contribution in [3.8, 4) is 0 Å². The van der Waals surface area contributed by atoms with E-state index >= 15 is 0 Å². The standard InChI is InChI=1S/C16H28N4/c1-3-8-17-11-15-12-19-16(13-18-15)20-9-5-6-14(4-2)7-10-20/h12-14,17H,3-11H2,1-2H3.